The average molecular weight is 72.0 g/mol. The normalized spacial score (nSPS) is 5.25. The summed E-state index contributed by atoms with van der Waals surface area (Å²) in [5.41, 5.74) is 0. The first kappa shape index (κ1) is 4.33. The maximum absolute atomic E-state index is 9.38. The van der Waals surface area contributed by atoms with Crippen LogP contribution in [0.2, 0.25) is 5.28 Å². The van der Waals surface area contributed by atoms with Gasteiger partial charge in [0.2, 0.25) is 0 Å². The van der Waals surface area contributed by atoms with E-state index < -0.39 is 15.2 Å². The molecule has 0 aromatic carbocycles. The van der Waals surface area contributed by atoms with Gasteiger partial charge < -0.3 is 0 Å². The van der Waals surface area contributed by atoms with Gasteiger partial charge in [0.15, 0.2) is 0 Å². The standard InChI is InChI=1S/C2H5.Al.O/c1-2;;/h1H2,2H3;;. The van der Waals surface area contributed by atoms with Crippen LogP contribution in [-0.2, 0) is 3.80 Å². The van der Waals surface area contributed by atoms with Crippen molar-refractivity contribution in [2.24, 2.45) is 0 Å². The molecule has 0 saturated carbocycles. The van der Waals surface area contributed by atoms with Crippen LogP contribution >= 0.6 is 0 Å². The van der Waals surface area contributed by atoms with E-state index in [9.17, 15) is 3.80 Å². The van der Waals surface area contributed by atoms with E-state index in [0.29, 0.717) is 0 Å². The Labute approximate surface area is 31.9 Å². The minimum atomic E-state index is -0.468. The zero-order valence-corrected chi connectivity index (χ0v) is 3.85. The Morgan fingerprint density at radius 2 is 2.25 bits per heavy atom. The van der Waals surface area contributed by atoms with Crippen LogP contribution in [0.25, 0.3) is 0 Å². The third-order valence-corrected chi connectivity index (χ3v) is 0.500. The molecule has 0 spiro atoms. The zero-order valence-electron chi connectivity index (χ0n) is 2.69. The Morgan fingerprint density at radius 1 is 2.00 bits per heavy atom. The molecule has 2 heteroatoms. The molecular formula is C2H5AlO. The molecule has 0 rings (SSSR count). The van der Waals surface area contributed by atoms with Gasteiger partial charge in [-0.2, -0.15) is 0 Å². The molecule has 4 heavy (non-hydrogen) atoms. The molecule has 0 heterocycles. The van der Waals surface area contributed by atoms with Crippen molar-refractivity contribution in [1.29, 1.82) is 0 Å². The van der Waals surface area contributed by atoms with E-state index >= 15 is 0 Å². The van der Waals surface area contributed by atoms with Gasteiger partial charge in [0.05, 0.1) is 0 Å². The molecule has 0 fully saturated rings. The zero-order chi connectivity index (χ0) is 3.41. The molecule has 1 nitrogen and oxygen atoms in total. The Balaban J connectivity index is 2.30. The fourth-order valence-electron chi connectivity index (χ4n) is 0. The van der Waals surface area contributed by atoms with E-state index in [1.807, 2.05) is 6.92 Å². The number of hydrogen-bond donors (Lipinski definition) is 0. The van der Waals surface area contributed by atoms with E-state index in [2.05, 4.69) is 0 Å². The van der Waals surface area contributed by atoms with Gasteiger partial charge in [-0.15, -0.1) is 0 Å². The summed E-state index contributed by atoms with van der Waals surface area (Å²) in [7, 11) is 0. The quantitative estimate of drug-likeness (QED) is 0.411. The van der Waals surface area contributed by atoms with E-state index in [1.54, 1.807) is 0 Å². The Bertz CT molecular complexity index is 20.0. The number of rotatable bonds is 1. The van der Waals surface area contributed by atoms with E-state index in [4.69, 9.17) is 0 Å². The summed E-state index contributed by atoms with van der Waals surface area (Å²) in [5, 5.41) is 0.847. The maximum atomic E-state index is 9.38. The molecule has 0 saturated heterocycles. The van der Waals surface area contributed by atoms with E-state index in [0.717, 1.165) is 5.28 Å². The number of hydrogen-bond acceptors (Lipinski definition) is 1. The van der Waals surface area contributed by atoms with Gasteiger partial charge >= 0.3 is 31.2 Å². The first-order chi connectivity index (χ1) is 1.91. The summed E-state index contributed by atoms with van der Waals surface area (Å²) < 4.78 is 9.38. The second kappa shape index (κ2) is 3.33. The topological polar surface area (TPSA) is 17.1 Å². The fourth-order valence-corrected chi connectivity index (χ4v) is 0. The third-order valence-electron chi connectivity index (χ3n) is 0.167. The first-order valence-electron chi connectivity index (χ1n) is 1.35. The summed E-state index contributed by atoms with van der Waals surface area (Å²) in [6.45, 7) is 1.91. The minimum absolute atomic E-state index is 0.468. The van der Waals surface area contributed by atoms with Crippen molar-refractivity contribution < 1.29 is 3.80 Å². The monoisotopic (exact) mass is 72.0 g/mol. The molecule has 0 aliphatic rings. The predicted octanol–water partition coefficient (Wildman–Crippen LogP) is 0.474. The predicted molar refractivity (Wildman–Crippen MR) is 16.9 cm³/mol. The van der Waals surface area contributed by atoms with Crippen molar-refractivity contribution in [2.75, 3.05) is 0 Å². The van der Waals surface area contributed by atoms with Crippen LogP contribution < -0.4 is 0 Å². The van der Waals surface area contributed by atoms with Gasteiger partial charge in [0.1, 0.15) is 0 Å². The van der Waals surface area contributed by atoms with Crippen molar-refractivity contribution in [3.8, 4) is 0 Å². The Hall–Kier alpha value is 0.332. The van der Waals surface area contributed by atoms with Crippen LogP contribution in [0.15, 0.2) is 0 Å². The fraction of sp³-hybridized carbons (Fsp3) is 1.00. The molecule has 22 valence electrons. The average Bonchev–Trinajstić information content (AvgIpc) is 1.37. The van der Waals surface area contributed by atoms with Crippen LogP contribution in [0, 0.1) is 0 Å². The van der Waals surface area contributed by atoms with Crippen LogP contribution in [0.4, 0.5) is 0 Å². The molecule has 0 aliphatic heterocycles. The molecule has 0 bridgehead atoms. The molecule has 0 aromatic rings. The first-order valence-corrected chi connectivity index (χ1v) is 2.64. The summed E-state index contributed by atoms with van der Waals surface area (Å²) >= 11 is -0.468. The van der Waals surface area contributed by atoms with Gasteiger partial charge in [-0.3, -0.25) is 0 Å². The summed E-state index contributed by atoms with van der Waals surface area (Å²) in [4.78, 5) is 0. The van der Waals surface area contributed by atoms with Gasteiger partial charge in [-0.25, -0.2) is 0 Å². The van der Waals surface area contributed by atoms with Gasteiger partial charge in [-0.1, -0.05) is 0 Å². The molecular weight excluding hydrogens is 67.0 g/mol. The van der Waals surface area contributed by atoms with Crippen molar-refractivity contribution in [1.82, 2.24) is 0 Å². The van der Waals surface area contributed by atoms with Crippen LogP contribution in [0.3, 0.4) is 0 Å². The van der Waals surface area contributed by atoms with Crippen molar-refractivity contribution >= 4 is 15.2 Å². The Morgan fingerprint density at radius 3 is 2.25 bits per heavy atom. The van der Waals surface area contributed by atoms with Crippen LogP contribution in [0.5, 0.6) is 0 Å². The molecule has 0 aliphatic carbocycles. The second-order valence-corrected chi connectivity index (χ2v) is 1.72. The van der Waals surface area contributed by atoms with Gasteiger partial charge in [-0.05, 0) is 0 Å². The van der Waals surface area contributed by atoms with E-state index in [1.165, 1.54) is 0 Å². The third kappa shape index (κ3) is 2.33. The SMILES string of the molecule is C[CH2][Al]=[O]. The molecule has 0 unspecified atom stereocenters. The molecule has 0 aromatic heterocycles. The summed E-state index contributed by atoms with van der Waals surface area (Å²) in [5.74, 6) is 0. The van der Waals surface area contributed by atoms with Crippen LogP contribution in [0.1, 0.15) is 6.92 Å². The van der Waals surface area contributed by atoms with Gasteiger partial charge in [0.25, 0.3) is 0 Å². The van der Waals surface area contributed by atoms with Crippen molar-refractivity contribution in [2.45, 2.75) is 12.2 Å². The molecule has 0 radical (unpaired) electrons. The molecule has 0 amide bonds. The Kier molecular flexibility index (Phi) is 3.61. The molecule has 0 N–H and O–H groups in total. The second-order valence-electron chi connectivity index (χ2n) is 0.575. The van der Waals surface area contributed by atoms with Crippen molar-refractivity contribution in [3.63, 3.8) is 0 Å². The summed E-state index contributed by atoms with van der Waals surface area (Å²) in [6, 6.07) is 0. The van der Waals surface area contributed by atoms with Gasteiger partial charge in [0, 0.05) is 0 Å². The summed E-state index contributed by atoms with van der Waals surface area (Å²) in [6.07, 6.45) is 0. The molecule has 0 atom stereocenters. The van der Waals surface area contributed by atoms with Crippen LogP contribution in [-0.4, -0.2) is 15.2 Å². The van der Waals surface area contributed by atoms with Crippen molar-refractivity contribution in [3.05, 3.63) is 0 Å². The van der Waals surface area contributed by atoms with E-state index in [-0.39, 0.29) is 0 Å².